The molecule has 2 unspecified atom stereocenters. The van der Waals surface area contributed by atoms with Gasteiger partial charge in [-0.1, -0.05) is 17.7 Å². The molecular weight excluding hydrogens is 248 g/mol. The monoisotopic (exact) mass is 264 g/mol. The summed E-state index contributed by atoms with van der Waals surface area (Å²) in [6, 6.07) is 5.77. The van der Waals surface area contributed by atoms with Crippen molar-refractivity contribution in [3.8, 4) is 0 Å². The minimum absolute atomic E-state index is 0.188. The van der Waals surface area contributed by atoms with Gasteiger partial charge in [0, 0.05) is 5.02 Å². The predicted molar refractivity (Wildman–Crippen MR) is 70.9 cm³/mol. The van der Waals surface area contributed by atoms with E-state index in [9.17, 15) is 9.90 Å². The van der Waals surface area contributed by atoms with Gasteiger partial charge in [0.05, 0.1) is 16.9 Å². The van der Waals surface area contributed by atoms with Crippen LogP contribution >= 0.6 is 11.6 Å². The number of benzene rings is 1. The zero-order valence-corrected chi connectivity index (χ0v) is 11.4. The van der Waals surface area contributed by atoms with Crippen LogP contribution in [0.1, 0.15) is 37.8 Å². The van der Waals surface area contributed by atoms with Crippen molar-refractivity contribution in [2.75, 3.05) is 0 Å². The molecule has 3 rings (SSSR count). The molecular formula is C15H17ClO2. The standard InChI is InChI=1S/C15H17ClO2/c1-14-5-6-15(2,18)12(13(14)17)8-9-7-10(16)3-4-11(9)14/h3-4,7,12,18H,5-6,8H2,1-2H3/t12?,14-,15?/m0/s1. The Morgan fingerprint density at radius 1 is 1.33 bits per heavy atom. The lowest BCUT2D eigenvalue weighted by Crippen LogP contribution is -2.56. The van der Waals surface area contributed by atoms with Crippen molar-refractivity contribution in [3.05, 3.63) is 34.3 Å². The van der Waals surface area contributed by atoms with E-state index in [1.165, 1.54) is 0 Å². The van der Waals surface area contributed by atoms with Crippen molar-refractivity contribution in [1.29, 1.82) is 0 Å². The van der Waals surface area contributed by atoms with Gasteiger partial charge in [-0.05, 0) is 56.4 Å². The summed E-state index contributed by atoms with van der Waals surface area (Å²) in [5.41, 5.74) is 0.903. The summed E-state index contributed by atoms with van der Waals surface area (Å²) in [5.74, 6) is -0.101. The predicted octanol–water partition coefficient (Wildman–Crippen LogP) is 2.88. The van der Waals surface area contributed by atoms with Gasteiger partial charge in [0.15, 0.2) is 0 Å². The van der Waals surface area contributed by atoms with Crippen LogP contribution in [0.2, 0.25) is 5.02 Å². The van der Waals surface area contributed by atoms with Crippen LogP contribution in [0.25, 0.3) is 0 Å². The first-order valence-corrected chi connectivity index (χ1v) is 6.78. The number of ketones is 1. The first-order chi connectivity index (χ1) is 8.34. The van der Waals surface area contributed by atoms with E-state index in [1.807, 2.05) is 25.1 Å². The Morgan fingerprint density at radius 3 is 2.78 bits per heavy atom. The van der Waals surface area contributed by atoms with Crippen molar-refractivity contribution in [1.82, 2.24) is 0 Å². The molecule has 0 amide bonds. The minimum atomic E-state index is -0.878. The molecule has 0 spiro atoms. The van der Waals surface area contributed by atoms with Crippen molar-refractivity contribution in [2.45, 2.75) is 44.1 Å². The fraction of sp³-hybridized carbons (Fsp3) is 0.533. The number of aliphatic hydroxyl groups is 1. The van der Waals surface area contributed by atoms with Crippen LogP contribution in [-0.4, -0.2) is 16.5 Å². The van der Waals surface area contributed by atoms with Gasteiger partial charge in [0.2, 0.25) is 0 Å². The summed E-state index contributed by atoms with van der Waals surface area (Å²) in [5, 5.41) is 11.1. The zero-order chi connectivity index (χ0) is 13.1. The third-order valence-electron chi connectivity index (χ3n) is 4.83. The number of hydrogen-bond acceptors (Lipinski definition) is 2. The number of carbonyl (C=O) groups excluding carboxylic acids is 1. The van der Waals surface area contributed by atoms with E-state index in [2.05, 4.69) is 0 Å². The first kappa shape index (κ1) is 12.2. The average molecular weight is 265 g/mol. The van der Waals surface area contributed by atoms with Crippen molar-refractivity contribution >= 4 is 17.4 Å². The maximum absolute atomic E-state index is 12.6. The molecule has 2 nitrogen and oxygen atoms in total. The van der Waals surface area contributed by atoms with E-state index in [4.69, 9.17) is 11.6 Å². The van der Waals surface area contributed by atoms with E-state index >= 15 is 0 Å². The maximum atomic E-state index is 12.6. The quantitative estimate of drug-likeness (QED) is 0.782. The molecule has 0 aromatic heterocycles. The number of rotatable bonds is 0. The Kier molecular flexibility index (Phi) is 2.43. The molecule has 3 atom stereocenters. The Hall–Kier alpha value is -0.860. The lowest BCUT2D eigenvalue weighted by Gasteiger charge is -2.49. The molecule has 1 aromatic carbocycles. The topological polar surface area (TPSA) is 37.3 Å². The lowest BCUT2D eigenvalue weighted by atomic mass is 9.55. The third kappa shape index (κ3) is 1.49. The molecule has 1 aromatic rings. The van der Waals surface area contributed by atoms with E-state index in [0.717, 1.165) is 11.1 Å². The molecule has 2 bridgehead atoms. The summed E-state index contributed by atoms with van der Waals surface area (Å²) >= 11 is 6.04. The summed E-state index contributed by atoms with van der Waals surface area (Å²) in [4.78, 5) is 12.6. The third-order valence-corrected chi connectivity index (χ3v) is 5.06. The zero-order valence-electron chi connectivity index (χ0n) is 10.7. The van der Waals surface area contributed by atoms with Gasteiger partial charge >= 0.3 is 0 Å². The van der Waals surface area contributed by atoms with Crippen LogP contribution in [0, 0.1) is 5.92 Å². The Morgan fingerprint density at radius 2 is 2.06 bits per heavy atom. The van der Waals surface area contributed by atoms with Gasteiger partial charge in [-0.2, -0.15) is 0 Å². The second kappa shape index (κ2) is 3.58. The lowest BCUT2D eigenvalue weighted by molar-refractivity contribution is -0.145. The van der Waals surface area contributed by atoms with Crippen LogP contribution in [-0.2, 0) is 16.6 Å². The number of hydrogen-bond donors (Lipinski definition) is 1. The molecule has 1 saturated carbocycles. The van der Waals surface area contributed by atoms with Crippen molar-refractivity contribution < 1.29 is 9.90 Å². The van der Waals surface area contributed by atoms with Crippen LogP contribution in [0.5, 0.6) is 0 Å². The molecule has 2 aliphatic carbocycles. The van der Waals surface area contributed by atoms with E-state index in [1.54, 1.807) is 6.92 Å². The highest BCUT2D eigenvalue weighted by atomic mass is 35.5. The molecule has 18 heavy (non-hydrogen) atoms. The molecule has 0 radical (unpaired) electrons. The van der Waals surface area contributed by atoms with E-state index in [-0.39, 0.29) is 11.7 Å². The molecule has 1 fully saturated rings. The second-order valence-electron chi connectivity index (χ2n) is 6.11. The summed E-state index contributed by atoms with van der Waals surface area (Å²) in [6.45, 7) is 3.79. The SMILES string of the molecule is CC1(O)CC[C@]2(C)C(=O)C1Cc1cc(Cl)ccc12. The highest BCUT2D eigenvalue weighted by molar-refractivity contribution is 6.30. The van der Waals surface area contributed by atoms with Gasteiger partial charge in [-0.25, -0.2) is 0 Å². The maximum Gasteiger partial charge on any atom is 0.149 e. The highest BCUT2D eigenvalue weighted by Gasteiger charge is 2.54. The Balaban J connectivity index is 2.20. The largest absolute Gasteiger partial charge is 0.389 e. The van der Waals surface area contributed by atoms with Crippen LogP contribution in [0.4, 0.5) is 0 Å². The molecule has 0 saturated heterocycles. The summed E-state index contributed by atoms with van der Waals surface area (Å²) < 4.78 is 0. The molecule has 0 heterocycles. The van der Waals surface area contributed by atoms with Crippen LogP contribution in [0.3, 0.4) is 0 Å². The van der Waals surface area contributed by atoms with Gasteiger partial charge in [0.1, 0.15) is 5.78 Å². The Bertz CT molecular complexity index is 535. The Labute approximate surface area is 112 Å². The fourth-order valence-corrected chi connectivity index (χ4v) is 3.73. The molecule has 0 aliphatic heterocycles. The number of fused-ring (bicyclic) bond motifs is 4. The molecule has 96 valence electrons. The van der Waals surface area contributed by atoms with E-state index < -0.39 is 11.0 Å². The fourth-order valence-electron chi connectivity index (χ4n) is 3.54. The number of Topliss-reactive ketones (excluding diaryl/α,β-unsaturated/α-hetero) is 1. The van der Waals surface area contributed by atoms with Crippen LogP contribution in [0.15, 0.2) is 18.2 Å². The van der Waals surface area contributed by atoms with Crippen molar-refractivity contribution in [3.63, 3.8) is 0 Å². The summed E-state index contributed by atoms with van der Waals surface area (Å²) in [7, 11) is 0. The van der Waals surface area contributed by atoms with Gasteiger partial charge < -0.3 is 5.11 Å². The van der Waals surface area contributed by atoms with Crippen LogP contribution < -0.4 is 0 Å². The first-order valence-electron chi connectivity index (χ1n) is 6.40. The van der Waals surface area contributed by atoms with Crippen molar-refractivity contribution in [2.24, 2.45) is 5.92 Å². The molecule has 2 aliphatic rings. The van der Waals surface area contributed by atoms with E-state index in [0.29, 0.717) is 24.3 Å². The molecule has 1 N–H and O–H groups in total. The van der Waals surface area contributed by atoms with Gasteiger partial charge in [-0.15, -0.1) is 0 Å². The number of carbonyl (C=O) groups is 1. The highest BCUT2D eigenvalue weighted by Crippen LogP contribution is 2.49. The normalized spacial score (nSPS) is 38.4. The molecule has 3 heteroatoms. The summed E-state index contributed by atoms with van der Waals surface area (Å²) in [6.07, 6.45) is 2.00. The smallest absolute Gasteiger partial charge is 0.149 e. The van der Waals surface area contributed by atoms with Gasteiger partial charge in [0.25, 0.3) is 0 Å². The average Bonchev–Trinajstić information content (AvgIpc) is 2.29. The van der Waals surface area contributed by atoms with Gasteiger partial charge in [-0.3, -0.25) is 4.79 Å². The second-order valence-corrected chi connectivity index (χ2v) is 6.55. The minimum Gasteiger partial charge on any atom is -0.389 e. The number of halogens is 1.